The predicted octanol–water partition coefficient (Wildman–Crippen LogP) is 0.858. The molecule has 0 aliphatic heterocycles. The van der Waals surface area contributed by atoms with E-state index in [-0.39, 0.29) is 0 Å². The van der Waals surface area contributed by atoms with E-state index in [9.17, 15) is 0 Å². The topological polar surface area (TPSA) is 27.2 Å². The van der Waals surface area contributed by atoms with Crippen molar-refractivity contribution in [1.29, 1.82) is 0 Å². The van der Waals surface area contributed by atoms with Gasteiger partial charge in [0.1, 0.15) is 13.2 Å². The molecule has 0 saturated carbocycles. The second kappa shape index (κ2) is 9.90. The Morgan fingerprint density at radius 1 is 0.750 bits per heavy atom. The van der Waals surface area contributed by atoms with Crippen LogP contribution in [-0.4, -0.2) is 39.5 Å². The highest BCUT2D eigenvalue weighted by Gasteiger charge is 1.91. The maximum atomic E-state index is 6.45. The molecule has 0 radical (unpaired) electrons. The van der Waals surface area contributed by atoms with Crippen molar-refractivity contribution in [3.63, 3.8) is 0 Å². The minimum absolute atomic E-state index is 0.405. The smallest absolute Gasteiger partial charge is 0.237 e. The van der Waals surface area contributed by atoms with E-state index >= 15 is 0 Å². The van der Waals surface area contributed by atoms with E-state index in [0.29, 0.717) is 39.5 Å². The number of hydrogen-bond acceptors (Lipinski definition) is 2. The third-order valence-electron chi connectivity index (χ3n) is 1.07. The number of hydrogen-bond donors (Lipinski definition) is 0. The summed E-state index contributed by atoms with van der Waals surface area (Å²) in [6, 6.07) is 0. The summed E-state index contributed by atoms with van der Waals surface area (Å²) in [6.07, 6.45) is 0. The average molecular weight is 168 g/mol. The van der Waals surface area contributed by atoms with Crippen LogP contribution in [0.4, 0.5) is 0 Å². The lowest BCUT2D eigenvalue weighted by Crippen LogP contribution is -2.07. The average Bonchev–Trinajstić information content (AvgIpc) is 2.10. The molecule has 0 bridgehead atoms. The summed E-state index contributed by atoms with van der Waals surface area (Å²) in [5, 5.41) is 0. The van der Waals surface area contributed by atoms with E-state index in [1.165, 1.54) is 0 Å². The second-order valence-electron chi connectivity index (χ2n) is 1.99. The van der Waals surface area contributed by atoms with E-state index in [2.05, 4.69) is 9.69 Å². The normalized spacial score (nSPS) is 8.83. The summed E-state index contributed by atoms with van der Waals surface area (Å²) >= 11 is 0. The fourth-order valence-electron chi connectivity index (χ4n) is 0.542. The second-order valence-corrected chi connectivity index (χ2v) is 1.99. The molecule has 4 nitrogen and oxygen atoms in total. The van der Waals surface area contributed by atoms with Gasteiger partial charge < -0.3 is 19.2 Å². The first-order chi connectivity index (χ1) is 5.91. The minimum Gasteiger partial charge on any atom is -0.371 e. The Morgan fingerprint density at radius 3 is 1.50 bits per heavy atom. The van der Waals surface area contributed by atoms with Gasteiger partial charge in [0.05, 0.1) is 13.2 Å². The Hall–Kier alpha value is -1.10. The molecular formula is C8H12N2O2. The molecule has 66 valence electrons. The number of nitrogens with zero attached hydrogens (tertiary/aromatic N) is 2. The van der Waals surface area contributed by atoms with E-state index < -0.39 is 0 Å². The van der Waals surface area contributed by atoms with Gasteiger partial charge >= 0.3 is 0 Å². The minimum atomic E-state index is 0.405. The molecule has 0 rings (SSSR count). The maximum absolute atomic E-state index is 6.45. The van der Waals surface area contributed by atoms with Gasteiger partial charge in [-0.15, -0.1) is 0 Å². The molecule has 0 aromatic carbocycles. The van der Waals surface area contributed by atoms with Crippen LogP contribution in [0.25, 0.3) is 9.69 Å². The predicted molar refractivity (Wildman–Crippen MR) is 44.6 cm³/mol. The third kappa shape index (κ3) is 8.90. The van der Waals surface area contributed by atoms with Crippen molar-refractivity contribution in [2.24, 2.45) is 0 Å². The van der Waals surface area contributed by atoms with E-state index in [0.717, 1.165) is 0 Å². The largest absolute Gasteiger partial charge is 0.371 e. The molecule has 4 heteroatoms. The van der Waals surface area contributed by atoms with Gasteiger partial charge in [-0.2, -0.15) is 0 Å². The molecule has 0 aliphatic rings. The lowest BCUT2D eigenvalue weighted by atomic mass is 10.7. The molecule has 0 amide bonds. The zero-order valence-electron chi connectivity index (χ0n) is 6.95. The van der Waals surface area contributed by atoms with Crippen molar-refractivity contribution in [2.45, 2.75) is 0 Å². The van der Waals surface area contributed by atoms with Gasteiger partial charge in [-0.05, 0) is 0 Å². The third-order valence-corrected chi connectivity index (χ3v) is 1.07. The Bertz CT molecular complexity index is 149. The molecule has 0 atom stereocenters. The van der Waals surface area contributed by atoms with Crippen molar-refractivity contribution in [3.05, 3.63) is 22.8 Å². The molecule has 0 aromatic heterocycles. The molecule has 0 aliphatic carbocycles. The van der Waals surface area contributed by atoms with Crippen LogP contribution in [0.2, 0.25) is 0 Å². The fraction of sp³-hybridized carbons (Fsp3) is 0.750. The highest BCUT2D eigenvalue weighted by Crippen LogP contribution is 1.80. The lowest BCUT2D eigenvalue weighted by molar-refractivity contribution is 0.0571. The van der Waals surface area contributed by atoms with Crippen LogP contribution in [0.5, 0.6) is 0 Å². The SMILES string of the molecule is [C-]#[N+]CCOCCOCC[N+]#[C-]. The van der Waals surface area contributed by atoms with Crippen molar-refractivity contribution in [3.8, 4) is 0 Å². The van der Waals surface area contributed by atoms with Gasteiger partial charge in [0, 0.05) is 0 Å². The summed E-state index contributed by atoms with van der Waals surface area (Å²) in [7, 11) is 0. The summed E-state index contributed by atoms with van der Waals surface area (Å²) in [6.45, 7) is 15.7. The first-order valence-corrected chi connectivity index (χ1v) is 3.73. The number of rotatable bonds is 7. The van der Waals surface area contributed by atoms with Crippen LogP contribution in [-0.2, 0) is 9.47 Å². The molecule has 0 spiro atoms. The quantitative estimate of drug-likeness (QED) is 0.416. The summed E-state index contributed by atoms with van der Waals surface area (Å²) < 4.78 is 10.1. The summed E-state index contributed by atoms with van der Waals surface area (Å²) in [5.74, 6) is 0. The Balaban J connectivity index is 2.84. The van der Waals surface area contributed by atoms with E-state index in [1.807, 2.05) is 0 Å². The first kappa shape index (κ1) is 10.9. The zero-order chi connectivity index (χ0) is 9.07. The van der Waals surface area contributed by atoms with Gasteiger partial charge in [0.25, 0.3) is 0 Å². The van der Waals surface area contributed by atoms with Gasteiger partial charge in [-0.1, -0.05) is 0 Å². The maximum Gasteiger partial charge on any atom is 0.237 e. The lowest BCUT2D eigenvalue weighted by Gasteiger charge is -1.99. The van der Waals surface area contributed by atoms with Crippen molar-refractivity contribution in [2.75, 3.05) is 39.5 Å². The van der Waals surface area contributed by atoms with Gasteiger partial charge in [0.15, 0.2) is 0 Å². The van der Waals surface area contributed by atoms with Crippen molar-refractivity contribution in [1.82, 2.24) is 0 Å². The van der Waals surface area contributed by atoms with Gasteiger partial charge in [-0.25, -0.2) is 13.1 Å². The Morgan fingerprint density at radius 2 is 1.17 bits per heavy atom. The molecule has 0 unspecified atom stereocenters. The highest BCUT2D eigenvalue weighted by molar-refractivity contribution is 4.56. The summed E-state index contributed by atoms with van der Waals surface area (Å²) in [4.78, 5) is 6.25. The molecule has 0 saturated heterocycles. The first-order valence-electron chi connectivity index (χ1n) is 3.73. The molecule has 0 fully saturated rings. The van der Waals surface area contributed by atoms with Crippen molar-refractivity contribution < 1.29 is 9.47 Å². The van der Waals surface area contributed by atoms with Gasteiger partial charge in [-0.3, -0.25) is 0 Å². The monoisotopic (exact) mass is 168 g/mol. The molecule has 12 heavy (non-hydrogen) atoms. The van der Waals surface area contributed by atoms with Crippen molar-refractivity contribution >= 4 is 0 Å². The number of ether oxygens (including phenoxy) is 2. The van der Waals surface area contributed by atoms with E-state index in [4.69, 9.17) is 22.6 Å². The zero-order valence-corrected chi connectivity index (χ0v) is 6.95. The molecule has 0 aromatic rings. The van der Waals surface area contributed by atoms with Crippen LogP contribution in [0.15, 0.2) is 0 Å². The van der Waals surface area contributed by atoms with Crippen LogP contribution >= 0.6 is 0 Å². The Labute approximate surface area is 72.7 Å². The van der Waals surface area contributed by atoms with Crippen LogP contribution in [0, 0.1) is 13.1 Å². The standard InChI is InChI=1S/C8H12N2O2/c1-9-3-5-11-7-8-12-6-4-10-2/h3-8H2. The summed E-state index contributed by atoms with van der Waals surface area (Å²) in [5.41, 5.74) is 0. The molecular weight excluding hydrogens is 156 g/mol. The van der Waals surface area contributed by atoms with E-state index in [1.54, 1.807) is 0 Å². The Kier molecular flexibility index (Phi) is 8.99. The van der Waals surface area contributed by atoms with Crippen LogP contribution in [0.3, 0.4) is 0 Å². The van der Waals surface area contributed by atoms with Gasteiger partial charge in [0.2, 0.25) is 13.1 Å². The highest BCUT2D eigenvalue weighted by atomic mass is 16.5. The fourth-order valence-corrected chi connectivity index (χ4v) is 0.542. The molecule has 0 heterocycles. The van der Waals surface area contributed by atoms with Crippen LogP contribution < -0.4 is 0 Å². The van der Waals surface area contributed by atoms with Crippen LogP contribution in [0.1, 0.15) is 0 Å². The molecule has 0 N–H and O–H groups in total.